The lowest BCUT2D eigenvalue weighted by Gasteiger charge is -2.14. The number of nitrogens with two attached hydrogens (primary N) is 1. The largest absolute Gasteiger partial charge is 0.504 e. The van der Waals surface area contributed by atoms with E-state index < -0.39 is 29.6 Å². The molecule has 9 rings (SSSR count). The molecule has 0 atom stereocenters. The average molecular weight is 1040 g/mol. The van der Waals surface area contributed by atoms with Crippen LogP contribution in [0.2, 0.25) is 5.15 Å². The Balaban J connectivity index is 0.000000174. The fourth-order valence-corrected chi connectivity index (χ4v) is 6.53. The Kier molecular flexibility index (Phi) is 20.2. The zero-order valence-corrected chi connectivity index (χ0v) is 42.5. The third-order valence-electron chi connectivity index (χ3n) is 9.47. The summed E-state index contributed by atoms with van der Waals surface area (Å²) in [5, 5.41) is 30.4. The van der Waals surface area contributed by atoms with Crippen LogP contribution in [-0.2, 0) is 9.47 Å². The number of esters is 2. The van der Waals surface area contributed by atoms with Crippen molar-refractivity contribution in [3.8, 4) is 23.0 Å². The molecular weight excluding hydrogens is 992 g/mol. The summed E-state index contributed by atoms with van der Waals surface area (Å²) < 4.78 is 26.0. The SMILES string of the molecule is CC(C)Oc1c(Cl)ncc2cccnc12.CC(C)Oc1c(N)ncc2cccnc12.COC(=O)c1ncc2cccnc2c1O.COC(=O)c1ncc2cccnc2c1OC(C)C.O=C(O)c1cccnc1C(=O)O. The molecule has 22 nitrogen and oxygen atoms in total. The van der Waals surface area contributed by atoms with Gasteiger partial charge >= 0.3 is 23.9 Å². The number of nitrogen functional groups attached to an aromatic ring is 1. The minimum absolute atomic E-state index is 0.0527. The molecule has 0 spiro atoms. The molecule has 0 saturated heterocycles. The number of halogens is 1. The van der Waals surface area contributed by atoms with Crippen molar-refractivity contribution in [2.45, 2.75) is 59.9 Å². The number of nitrogens with zero attached hydrogens (tertiary/aromatic N) is 9. The van der Waals surface area contributed by atoms with E-state index in [0.717, 1.165) is 27.2 Å². The first-order valence-electron chi connectivity index (χ1n) is 22.5. The molecule has 0 radical (unpaired) electrons. The molecule has 0 aromatic carbocycles. The van der Waals surface area contributed by atoms with Crippen molar-refractivity contribution in [1.82, 2.24) is 44.9 Å². The topological polar surface area (TPSA) is 317 Å². The Morgan fingerprint density at radius 3 is 1.35 bits per heavy atom. The second kappa shape index (κ2) is 26.8. The number of fused-ring (bicyclic) bond motifs is 4. The lowest BCUT2D eigenvalue weighted by atomic mass is 10.2. The van der Waals surface area contributed by atoms with Crippen molar-refractivity contribution < 1.29 is 58.2 Å². The first kappa shape index (κ1) is 56.5. The van der Waals surface area contributed by atoms with Crippen LogP contribution in [-0.4, -0.2) is 117 Å². The van der Waals surface area contributed by atoms with E-state index in [4.69, 9.17) is 46.5 Å². The number of carboxylic acid groups (broad SMARTS) is 2. The molecule has 0 bridgehead atoms. The molecule has 0 fully saturated rings. The van der Waals surface area contributed by atoms with Crippen LogP contribution in [0.15, 0.2) is 116 Å². The number of rotatable bonds is 10. The number of pyridine rings is 9. The summed E-state index contributed by atoms with van der Waals surface area (Å²) in [5.74, 6) is -2.20. The van der Waals surface area contributed by atoms with E-state index in [1.165, 1.54) is 44.9 Å². The first-order chi connectivity index (χ1) is 35.9. The Morgan fingerprint density at radius 2 is 0.867 bits per heavy atom. The maximum Gasteiger partial charge on any atom is 0.360 e. The normalized spacial score (nSPS) is 10.5. The minimum Gasteiger partial charge on any atom is -0.504 e. The molecule has 0 amide bonds. The smallest absolute Gasteiger partial charge is 0.360 e. The molecule has 0 aliphatic heterocycles. The predicted octanol–water partition coefficient (Wildman–Crippen LogP) is 8.87. The van der Waals surface area contributed by atoms with Crippen molar-refractivity contribution >= 4 is 84.9 Å². The van der Waals surface area contributed by atoms with E-state index in [1.807, 2.05) is 71.9 Å². The van der Waals surface area contributed by atoms with Gasteiger partial charge in [0.1, 0.15) is 22.1 Å². The quantitative estimate of drug-likeness (QED) is 0.0733. The average Bonchev–Trinajstić information content (AvgIpc) is 3.40. The number of aromatic hydroxyl groups is 1. The van der Waals surface area contributed by atoms with Gasteiger partial charge in [0.25, 0.3) is 0 Å². The fraction of sp³-hybridized carbons (Fsp3) is 0.212. The molecule has 75 heavy (non-hydrogen) atoms. The van der Waals surface area contributed by atoms with E-state index >= 15 is 0 Å². The second-order valence-electron chi connectivity index (χ2n) is 16.0. The zero-order valence-electron chi connectivity index (χ0n) is 41.7. The van der Waals surface area contributed by atoms with Crippen molar-refractivity contribution in [2.75, 3.05) is 20.0 Å². The van der Waals surface area contributed by atoms with E-state index in [-0.39, 0.29) is 41.0 Å². The molecule has 0 unspecified atom stereocenters. The molecule has 9 aromatic rings. The number of hydrogen-bond donors (Lipinski definition) is 4. The van der Waals surface area contributed by atoms with E-state index in [1.54, 1.807) is 55.4 Å². The van der Waals surface area contributed by atoms with Crippen LogP contribution in [0.4, 0.5) is 5.82 Å². The number of carbonyl (C=O) groups is 4. The molecule has 0 aliphatic carbocycles. The van der Waals surface area contributed by atoms with Crippen molar-refractivity contribution in [2.24, 2.45) is 0 Å². The van der Waals surface area contributed by atoms with E-state index in [2.05, 4.69) is 49.6 Å². The molecule has 9 heterocycles. The Bertz CT molecular complexity index is 3330. The summed E-state index contributed by atoms with van der Waals surface area (Å²) in [6.45, 7) is 11.5. The van der Waals surface area contributed by atoms with Gasteiger partial charge in [0.05, 0.1) is 38.1 Å². The van der Waals surface area contributed by atoms with Gasteiger partial charge in [0, 0.05) is 77.3 Å². The number of methoxy groups -OCH3 is 2. The number of hydrogen-bond acceptors (Lipinski definition) is 20. The number of ether oxygens (including phenoxy) is 5. The summed E-state index contributed by atoms with van der Waals surface area (Å²) >= 11 is 5.97. The van der Waals surface area contributed by atoms with Gasteiger partial charge < -0.3 is 44.7 Å². The molecule has 0 saturated carbocycles. The van der Waals surface area contributed by atoms with E-state index in [9.17, 15) is 24.3 Å². The predicted molar refractivity (Wildman–Crippen MR) is 277 cm³/mol. The Morgan fingerprint density at radius 1 is 0.480 bits per heavy atom. The summed E-state index contributed by atoms with van der Waals surface area (Å²) in [5.41, 5.74) is 7.52. The third-order valence-corrected chi connectivity index (χ3v) is 9.74. The van der Waals surface area contributed by atoms with Gasteiger partial charge in [0.15, 0.2) is 51.1 Å². The van der Waals surface area contributed by atoms with Gasteiger partial charge in [-0.05, 0) is 102 Å². The van der Waals surface area contributed by atoms with Crippen LogP contribution in [0.3, 0.4) is 0 Å². The van der Waals surface area contributed by atoms with Gasteiger partial charge in [-0.3, -0.25) is 19.9 Å². The van der Waals surface area contributed by atoms with Crippen molar-refractivity contribution in [3.05, 3.63) is 144 Å². The number of carbonyl (C=O) groups excluding carboxylic acids is 2. The zero-order chi connectivity index (χ0) is 54.8. The van der Waals surface area contributed by atoms with Gasteiger partial charge in [-0.2, -0.15) is 0 Å². The van der Waals surface area contributed by atoms with Gasteiger partial charge in [-0.25, -0.2) is 44.1 Å². The third kappa shape index (κ3) is 15.1. The number of aromatic nitrogens is 9. The van der Waals surface area contributed by atoms with Gasteiger partial charge in [-0.15, -0.1) is 0 Å². The Hall–Kier alpha value is -9.44. The number of anilines is 1. The van der Waals surface area contributed by atoms with Gasteiger partial charge in [-0.1, -0.05) is 11.6 Å². The van der Waals surface area contributed by atoms with E-state index in [0.29, 0.717) is 44.6 Å². The van der Waals surface area contributed by atoms with Crippen LogP contribution in [0, 0.1) is 0 Å². The molecule has 23 heteroatoms. The molecule has 9 aromatic heterocycles. The molecule has 388 valence electrons. The lowest BCUT2D eigenvalue weighted by molar-refractivity contribution is 0.0579. The second-order valence-corrected chi connectivity index (χ2v) is 16.4. The van der Waals surface area contributed by atoms with Gasteiger partial charge in [0.2, 0.25) is 0 Å². The standard InChI is InChI=1S/C13H14N2O3.C11H11ClN2O.C11H13N3O.C10H8N2O3.C7H5NO4/c1-8(2)18-12-10-9(5-4-6-14-10)7-15-11(12)13(16)17-3;2*1-7(2)15-10-9-8(4-3-5-13-9)6-14-11(10)12;1-15-10(14)8-9(13)7-6(5-12-8)3-2-4-11-7;9-6(10)4-2-1-3-8-5(4)7(11)12/h4-8H,1-3H3;3-7H,1-2H3;3-7H,1-2H3,(H2,12,14);2-5,13H,1H3;1-3H,(H,9,10)(H,11,12). The highest BCUT2D eigenvalue weighted by Crippen LogP contribution is 2.32. The van der Waals surface area contributed by atoms with Crippen LogP contribution in [0.25, 0.3) is 43.6 Å². The monoisotopic (exact) mass is 1040 g/mol. The molecular formula is C52H51ClN10O12. The van der Waals surface area contributed by atoms with Crippen LogP contribution in [0.5, 0.6) is 23.0 Å². The van der Waals surface area contributed by atoms with Crippen molar-refractivity contribution in [3.63, 3.8) is 0 Å². The van der Waals surface area contributed by atoms with Crippen LogP contribution < -0.4 is 19.9 Å². The molecule has 5 N–H and O–H groups in total. The number of aromatic carboxylic acids is 2. The minimum atomic E-state index is -1.34. The maximum atomic E-state index is 11.7. The summed E-state index contributed by atoms with van der Waals surface area (Å²) in [7, 11) is 2.54. The fourth-order valence-electron chi connectivity index (χ4n) is 6.34. The summed E-state index contributed by atoms with van der Waals surface area (Å²) in [6, 6.07) is 17.3. The molecule has 0 aliphatic rings. The lowest BCUT2D eigenvalue weighted by Crippen LogP contribution is -2.13. The first-order valence-corrected chi connectivity index (χ1v) is 22.9. The summed E-state index contributed by atoms with van der Waals surface area (Å²) in [6.07, 6.45) is 14.3. The van der Waals surface area contributed by atoms with Crippen LogP contribution >= 0.6 is 11.6 Å². The number of carboxylic acids is 2. The highest BCUT2D eigenvalue weighted by Gasteiger charge is 2.21. The van der Waals surface area contributed by atoms with Crippen molar-refractivity contribution in [1.29, 1.82) is 0 Å². The Labute approximate surface area is 433 Å². The highest BCUT2D eigenvalue weighted by molar-refractivity contribution is 6.31. The maximum absolute atomic E-state index is 11.7. The summed E-state index contributed by atoms with van der Waals surface area (Å²) in [4.78, 5) is 79.8. The highest BCUT2D eigenvalue weighted by atomic mass is 35.5. The van der Waals surface area contributed by atoms with Crippen LogP contribution in [0.1, 0.15) is 83.4 Å².